The quantitative estimate of drug-likeness (QED) is 0.872. The monoisotopic (exact) mass is 261 g/mol. The minimum Gasteiger partial charge on any atom is -0.363 e. The van der Waals surface area contributed by atoms with Gasteiger partial charge in [-0.3, -0.25) is 15.0 Å². The summed E-state index contributed by atoms with van der Waals surface area (Å²) in [4.78, 5) is 23.7. The van der Waals surface area contributed by atoms with Gasteiger partial charge in [0.1, 0.15) is 6.17 Å². The first-order valence-corrected chi connectivity index (χ1v) is 6.60. The summed E-state index contributed by atoms with van der Waals surface area (Å²) in [6, 6.07) is 7.35. The molecule has 5 nitrogen and oxygen atoms in total. The fourth-order valence-electron chi connectivity index (χ4n) is 2.21. The van der Waals surface area contributed by atoms with Gasteiger partial charge in [-0.05, 0) is 25.0 Å². The molecule has 0 saturated heterocycles. The molecular weight excluding hydrogens is 242 g/mol. The van der Waals surface area contributed by atoms with Crippen molar-refractivity contribution in [3.63, 3.8) is 0 Å². The number of carbonyl (C=O) groups excluding carboxylic acids is 2. The fourth-order valence-corrected chi connectivity index (χ4v) is 2.21. The van der Waals surface area contributed by atoms with Crippen LogP contribution in [-0.4, -0.2) is 23.0 Å². The SMILES string of the molecule is CCCCC1Nc2ccccc2C(=O)N1NC(C)=O. The molecule has 2 rings (SSSR count). The van der Waals surface area contributed by atoms with E-state index in [2.05, 4.69) is 17.7 Å². The molecule has 1 aliphatic rings. The number of rotatable bonds is 4. The van der Waals surface area contributed by atoms with E-state index in [0.29, 0.717) is 5.56 Å². The molecule has 1 aliphatic heterocycles. The van der Waals surface area contributed by atoms with Gasteiger partial charge in [-0.25, -0.2) is 5.01 Å². The van der Waals surface area contributed by atoms with Crippen molar-refractivity contribution in [2.24, 2.45) is 0 Å². The number of para-hydroxylation sites is 1. The molecule has 1 unspecified atom stereocenters. The molecule has 2 N–H and O–H groups in total. The number of carbonyl (C=O) groups is 2. The van der Waals surface area contributed by atoms with E-state index in [1.54, 1.807) is 6.07 Å². The van der Waals surface area contributed by atoms with Gasteiger partial charge >= 0.3 is 0 Å². The largest absolute Gasteiger partial charge is 0.363 e. The minimum atomic E-state index is -0.240. The second kappa shape index (κ2) is 5.73. The van der Waals surface area contributed by atoms with E-state index in [0.717, 1.165) is 24.9 Å². The molecule has 1 heterocycles. The number of benzene rings is 1. The Morgan fingerprint density at radius 2 is 2.16 bits per heavy atom. The zero-order valence-corrected chi connectivity index (χ0v) is 11.3. The number of hydrazine groups is 1. The van der Waals surface area contributed by atoms with Crippen LogP contribution in [0.15, 0.2) is 24.3 Å². The number of anilines is 1. The summed E-state index contributed by atoms with van der Waals surface area (Å²) < 4.78 is 0. The lowest BCUT2D eigenvalue weighted by Gasteiger charge is -2.37. The maximum Gasteiger partial charge on any atom is 0.276 e. The Morgan fingerprint density at radius 3 is 2.84 bits per heavy atom. The molecule has 5 heteroatoms. The number of nitrogens with zero attached hydrogens (tertiary/aromatic N) is 1. The van der Waals surface area contributed by atoms with E-state index in [-0.39, 0.29) is 18.0 Å². The van der Waals surface area contributed by atoms with Crippen LogP contribution in [0.2, 0.25) is 0 Å². The first-order chi connectivity index (χ1) is 9.13. The van der Waals surface area contributed by atoms with Crippen LogP contribution in [0.25, 0.3) is 0 Å². The molecular formula is C14H19N3O2. The average Bonchev–Trinajstić information content (AvgIpc) is 2.40. The summed E-state index contributed by atoms with van der Waals surface area (Å²) >= 11 is 0. The third-order valence-electron chi connectivity index (χ3n) is 3.12. The maximum absolute atomic E-state index is 12.4. The summed E-state index contributed by atoms with van der Waals surface area (Å²) in [6.45, 7) is 3.51. The molecule has 1 atom stereocenters. The Bertz CT molecular complexity index is 487. The van der Waals surface area contributed by atoms with E-state index < -0.39 is 0 Å². The number of nitrogens with one attached hydrogen (secondary N) is 2. The number of hydrogen-bond donors (Lipinski definition) is 2. The van der Waals surface area contributed by atoms with E-state index >= 15 is 0 Å². The molecule has 0 fully saturated rings. The summed E-state index contributed by atoms with van der Waals surface area (Å²) in [7, 11) is 0. The third kappa shape index (κ3) is 2.86. The summed E-state index contributed by atoms with van der Waals surface area (Å²) in [5.74, 6) is -0.401. The Morgan fingerprint density at radius 1 is 1.42 bits per heavy atom. The highest BCUT2D eigenvalue weighted by Crippen LogP contribution is 2.25. The molecule has 1 aromatic rings. The van der Waals surface area contributed by atoms with Crippen LogP contribution in [0.4, 0.5) is 5.69 Å². The average molecular weight is 261 g/mol. The van der Waals surface area contributed by atoms with Crippen molar-refractivity contribution >= 4 is 17.5 Å². The molecule has 0 spiro atoms. The summed E-state index contributed by atoms with van der Waals surface area (Å²) in [5, 5.41) is 4.71. The zero-order valence-electron chi connectivity index (χ0n) is 11.3. The second-order valence-corrected chi connectivity index (χ2v) is 4.69. The van der Waals surface area contributed by atoms with Gasteiger partial charge < -0.3 is 5.32 Å². The first kappa shape index (κ1) is 13.4. The number of hydrogen-bond acceptors (Lipinski definition) is 3. The highest BCUT2D eigenvalue weighted by molar-refractivity contribution is 6.02. The van der Waals surface area contributed by atoms with Crippen molar-refractivity contribution in [2.75, 3.05) is 5.32 Å². The lowest BCUT2D eigenvalue weighted by atomic mass is 10.1. The number of amides is 2. The highest BCUT2D eigenvalue weighted by atomic mass is 16.2. The Kier molecular flexibility index (Phi) is 4.04. The van der Waals surface area contributed by atoms with Crippen LogP contribution < -0.4 is 10.7 Å². The minimum absolute atomic E-state index is 0.161. The van der Waals surface area contributed by atoms with Gasteiger partial charge in [0.05, 0.1) is 5.56 Å². The highest BCUT2D eigenvalue weighted by Gasteiger charge is 2.31. The van der Waals surface area contributed by atoms with E-state index in [9.17, 15) is 9.59 Å². The normalized spacial score (nSPS) is 17.7. The van der Waals surface area contributed by atoms with Crippen LogP contribution in [0.5, 0.6) is 0 Å². The zero-order chi connectivity index (χ0) is 13.8. The molecule has 0 radical (unpaired) electrons. The summed E-state index contributed by atoms with van der Waals surface area (Å²) in [6.07, 6.45) is 2.65. The molecule has 0 aliphatic carbocycles. The first-order valence-electron chi connectivity index (χ1n) is 6.60. The van der Waals surface area contributed by atoms with E-state index in [1.807, 2.05) is 18.2 Å². The predicted molar refractivity (Wildman–Crippen MR) is 73.4 cm³/mol. The summed E-state index contributed by atoms with van der Waals surface area (Å²) in [5.41, 5.74) is 4.03. The molecule has 0 aromatic heterocycles. The molecule has 0 saturated carbocycles. The Labute approximate surface area is 112 Å². The van der Waals surface area contributed by atoms with Gasteiger partial charge in [0.25, 0.3) is 5.91 Å². The van der Waals surface area contributed by atoms with Crippen molar-refractivity contribution in [1.29, 1.82) is 0 Å². The van der Waals surface area contributed by atoms with Gasteiger partial charge in [-0.2, -0.15) is 0 Å². The molecule has 102 valence electrons. The Balaban J connectivity index is 2.27. The third-order valence-corrected chi connectivity index (χ3v) is 3.12. The molecule has 1 aromatic carbocycles. The van der Waals surface area contributed by atoms with Crippen LogP contribution in [0.1, 0.15) is 43.5 Å². The lowest BCUT2D eigenvalue weighted by molar-refractivity contribution is -0.123. The van der Waals surface area contributed by atoms with E-state index in [1.165, 1.54) is 11.9 Å². The number of unbranched alkanes of at least 4 members (excludes halogenated alkanes) is 1. The predicted octanol–water partition coefficient (Wildman–Crippen LogP) is 2.12. The standard InChI is InChI=1S/C14H19N3O2/c1-3-4-9-13-15-12-8-6-5-7-11(12)14(19)17(13)16-10(2)18/h5-8,13,15H,3-4,9H2,1-2H3,(H,16,18). The Hall–Kier alpha value is -2.04. The topological polar surface area (TPSA) is 61.4 Å². The van der Waals surface area contributed by atoms with Gasteiger partial charge in [0.15, 0.2) is 0 Å². The van der Waals surface area contributed by atoms with Crippen molar-refractivity contribution < 1.29 is 9.59 Å². The molecule has 0 bridgehead atoms. The number of fused-ring (bicyclic) bond motifs is 1. The maximum atomic E-state index is 12.4. The molecule has 2 amide bonds. The fraction of sp³-hybridized carbons (Fsp3) is 0.429. The van der Waals surface area contributed by atoms with Gasteiger partial charge in [0.2, 0.25) is 5.91 Å². The van der Waals surface area contributed by atoms with Crippen molar-refractivity contribution in [3.05, 3.63) is 29.8 Å². The van der Waals surface area contributed by atoms with Gasteiger partial charge in [-0.1, -0.05) is 25.5 Å². The van der Waals surface area contributed by atoms with Crippen molar-refractivity contribution in [1.82, 2.24) is 10.4 Å². The smallest absolute Gasteiger partial charge is 0.276 e. The van der Waals surface area contributed by atoms with Crippen LogP contribution in [0, 0.1) is 0 Å². The van der Waals surface area contributed by atoms with Gasteiger partial charge in [-0.15, -0.1) is 0 Å². The lowest BCUT2D eigenvalue weighted by Crippen LogP contribution is -2.56. The van der Waals surface area contributed by atoms with Gasteiger partial charge in [0, 0.05) is 12.6 Å². The van der Waals surface area contributed by atoms with Crippen LogP contribution in [0.3, 0.4) is 0 Å². The van der Waals surface area contributed by atoms with Crippen LogP contribution >= 0.6 is 0 Å². The van der Waals surface area contributed by atoms with Crippen LogP contribution in [-0.2, 0) is 4.79 Å². The van der Waals surface area contributed by atoms with E-state index in [4.69, 9.17) is 0 Å². The van der Waals surface area contributed by atoms with Crippen molar-refractivity contribution in [2.45, 2.75) is 39.3 Å². The molecule has 19 heavy (non-hydrogen) atoms. The van der Waals surface area contributed by atoms with Crippen molar-refractivity contribution in [3.8, 4) is 0 Å². The second-order valence-electron chi connectivity index (χ2n) is 4.69.